The van der Waals surface area contributed by atoms with Crippen molar-refractivity contribution in [2.45, 2.75) is 6.54 Å². The largest absolute Gasteiger partial charge is 0.388 e. The Kier molecular flexibility index (Phi) is 5.26. The number of carbonyl (C=O) groups excluding carboxylic acids is 1. The van der Waals surface area contributed by atoms with E-state index >= 15 is 0 Å². The molecule has 0 fully saturated rings. The first-order valence-electron chi connectivity index (χ1n) is 8.08. The van der Waals surface area contributed by atoms with E-state index in [1.54, 1.807) is 11.1 Å². The maximum absolute atomic E-state index is 12.8. The highest BCUT2D eigenvalue weighted by Gasteiger charge is 2.17. The molecule has 0 atom stereocenters. The standard InChI is InChI=1S/C20H20N4O/c1-21-16-12-13-22-17(14-16)15-23-20(25)24(18-8-4-2-5-9-18)19-10-6-3-7-11-19/h2-14H,15H2,1H3,(H,21,22)(H,23,25). The minimum absolute atomic E-state index is 0.200. The Hall–Kier alpha value is -3.34. The number of nitrogens with one attached hydrogen (secondary N) is 2. The lowest BCUT2D eigenvalue weighted by molar-refractivity contribution is 0.248. The SMILES string of the molecule is CNc1ccnc(CNC(=O)N(c2ccccc2)c2ccccc2)c1. The number of aromatic nitrogens is 1. The molecule has 0 saturated carbocycles. The van der Waals surface area contributed by atoms with Gasteiger partial charge in [0.15, 0.2) is 0 Å². The monoisotopic (exact) mass is 332 g/mol. The van der Waals surface area contributed by atoms with E-state index in [4.69, 9.17) is 0 Å². The van der Waals surface area contributed by atoms with Gasteiger partial charge >= 0.3 is 6.03 Å². The van der Waals surface area contributed by atoms with Crippen LogP contribution in [-0.2, 0) is 6.54 Å². The summed E-state index contributed by atoms with van der Waals surface area (Å²) in [6.45, 7) is 0.352. The molecule has 126 valence electrons. The van der Waals surface area contributed by atoms with Crippen LogP contribution in [-0.4, -0.2) is 18.1 Å². The normalized spacial score (nSPS) is 10.1. The summed E-state index contributed by atoms with van der Waals surface area (Å²) in [5.74, 6) is 0. The molecule has 0 bridgehead atoms. The lowest BCUT2D eigenvalue weighted by Crippen LogP contribution is -2.36. The molecule has 25 heavy (non-hydrogen) atoms. The maximum atomic E-state index is 12.8. The Morgan fingerprint density at radius 3 is 2.12 bits per heavy atom. The smallest absolute Gasteiger partial charge is 0.326 e. The van der Waals surface area contributed by atoms with Gasteiger partial charge in [0.1, 0.15) is 0 Å². The Balaban J connectivity index is 1.80. The van der Waals surface area contributed by atoms with Crippen molar-refractivity contribution in [3.63, 3.8) is 0 Å². The van der Waals surface area contributed by atoms with Crippen LogP contribution in [0.1, 0.15) is 5.69 Å². The molecule has 1 aromatic heterocycles. The van der Waals surface area contributed by atoms with Crippen LogP contribution in [0.4, 0.5) is 21.9 Å². The molecule has 1 heterocycles. The number of amides is 2. The van der Waals surface area contributed by atoms with Crippen LogP contribution in [0, 0.1) is 0 Å². The number of pyridine rings is 1. The van der Waals surface area contributed by atoms with Gasteiger partial charge in [-0.3, -0.25) is 9.88 Å². The van der Waals surface area contributed by atoms with Crippen molar-refractivity contribution in [2.24, 2.45) is 0 Å². The van der Waals surface area contributed by atoms with Gasteiger partial charge in [-0.25, -0.2) is 4.79 Å². The third kappa shape index (κ3) is 4.14. The van der Waals surface area contributed by atoms with E-state index in [0.29, 0.717) is 6.54 Å². The van der Waals surface area contributed by atoms with Crippen molar-refractivity contribution in [2.75, 3.05) is 17.3 Å². The summed E-state index contributed by atoms with van der Waals surface area (Å²) in [7, 11) is 1.85. The van der Waals surface area contributed by atoms with Crippen molar-refractivity contribution in [1.82, 2.24) is 10.3 Å². The number of benzene rings is 2. The van der Waals surface area contributed by atoms with Crippen LogP contribution in [0.15, 0.2) is 79.0 Å². The molecular weight excluding hydrogens is 312 g/mol. The van der Waals surface area contributed by atoms with Crippen LogP contribution in [0.2, 0.25) is 0 Å². The van der Waals surface area contributed by atoms with Gasteiger partial charge in [0, 0.05) is 18.9 Å². The number of urea groups is 1. The van der Waals surface area contributed by atoms with Crippen LogP contribution in [0.5, 0.6) is 0 Å². The zero-order valence-corrected chi connectivity index (χ0v) is 14.0. The molecule has 0 aliphatic heterocycles. The Morgan fingerprint density at radius 2 is 1.56 bits per heavy atom. The van der Waals surface area contributed by atoms with Crippen LogP contribution in [0.3, 0.4) is 0 Å². The topological polar surface area (TPSA) is 57.3 Å². The molecule has 0 saturated heterocycles. The van der Waals surface area contributed by atoms with Crippen molar-refractivity contribution < 1.29 is 4.79 Å². The average molecular weight is 332 g/mol. The number of hydrogen-bond acceptors (Lipinski definition) is 3. The average Bonchev–Trinajstić information content (AvgIpc) is 2.68. The molecule has 2 N–H and O–H groups in total. The second-order valence-corrected chi connectivity index (χ2v) is 5.45. The summed E-state index contributed by atoms with van der Waals surface area (Å²) in [5.41, 5.74) is 3.37. The minimum Gasteiger partial charge on any atom is -0.388 e. The zero-order valence-electron chi connectivity index (χ0n) is 14.0. The van der Waals surface area contributed by atoms with Crippen LogP contribution in [0.25, 0.3) is 0 Å². The van der Waals surface area contributed by atoms with E-state index in [2.05, 4.69) is 15.6 Å². The lowest BCUT2D eigenvalue weighted by Gasteiger charge is -2.23. The number of para-hydroxylation sites is 2. The number of carbonyl (C=O) groups is 1. The van der Waals surface area contributed by atoms with Crippen LogP contribution >= 0.6 is 0 Å². The second kappa shape index (κ2) is 7.97. The fraction of sp³-hybridized carbons (Fsp3) is 0.100. The highest BCUT2D eigenvalue weighted by atomic mass is 16.2. The third-order valence-corrected chi connectivity index (χ3v) is 3.76. The Bertz CT molecular complexity index is 782. The van der Waals surface area contributed by atoms with Gasteiger partial charge in [-0.05, 0) is 36.4 Å². The maximum Gasteiger partial charge on any atom is 0.326 e. The quantitative estimate of drug-likeness (QED) is 0.737. The van der Waals surface area contributed by atoms with Crippen molar-refractivity contribution in [3.8, 4) is 0 Å². The van der Waals surface area contributed by atoms with Crippen molar-refractivity contribution in [1.29, 1.82) is 0 Å². The molecule has 0 spiro atoms. The molecule has 2 aromatic carbocycles. The van der Waals surface area contributed by atoms with Gasteiger partial charge in [-0.2, -0.15) is 0 Å². The zero-order chi connectivity index (χ0) is 17.5. The van der Waals surface area contributed by atoms with Crippen LogP contribution < -0.4 is 15.5 Å². The molecule has 0 radical (unpaired) electrons. The fourth-order valence-corrected chi connectivity index (χ4v) is 2.51. The molecular formula is C20H20N4O. The number of anilines is 3. The van der Waals surface area contributed by atoms with E-state index in [-0.39, 0.29) is 6.03 Å². The van der Waals surface area contributed by atoms with Gasteiger partial charge in [-0.1, -0.05) is 36.4 Å². The summed E-state index contributed by atoms with van der Waals surface area (Å²) in [4.78, 5) is 18.8. The number of rotatable bonds is 5. The summed E-state index contributed by atoms with van der Waals surface area (Å²) >= 11 is 0. The molecule has 5 heteroatoms. The van der Waals surface area contributed by atoms with Gasteiger partial charge in [-0.15, -0.1) is 0 Å². The summed E-state index contributed by atoms with van der Waals surface area (Å²) in [6, 6.07) is 22.7. The molecule has 3 aromatic rings. The first kappa shape index (κ1) is 16.5. The molecule has 2 amide bonds. The molecule has 0 aliphatic carbocycles. The van der Waals surface area contributed by atoms with E-state index in [1.165, 1.54) is 0 Å². The lowest BCUT2D eigenvalue weighted by atomic mass is 10.2. The predicted octanol–water partition coefficient (Wildman–Crippen LogP) is 4.17. The number of nitrogens with zero attached hydrogens (tertiary/aromatic N) is 2. The minimum atomic E-state index is -0.200. The number of hydrogen-bond donors (Lipinski definition) is 2. The van der Waals surface area contributed by atoms with Crippen molar-refractivity contribution >= 4 is 23.1 Å². The van der Waals surface area contributed by atoms with E-state index in [9.17, 15) is 4.79 Å². The van der Waals surface area contributed by atoms with Gasteiger partial charge < -0.3 is 10.6 Å². The first-order chi connectivity index (χ1) is 12.3. The highest BCUT2D eigenvalue weighted by molar-refractivity contribution is 5.99. The second-order valence-electron chi connectivity index (χ2n) is 5.45. The molecule has 3 rings (SSSR count). The van der Waals surface area contributed by atoms with Gasteiger partial charge in [0.05, 0.1) is 23.6 Å². The van der Waals surface area contributed by atoms with Gasteiger partial charge in [0.25, 0.3) is 0 Å². The Morgan fingerprint density at radius 1 is 0.960 bits per heavy atom. The predicted molar refractivity (Wildman–Crippen MR) is 101 cm³/mol. The summed E-state index contributed by atoms with van der Waals surface area (Å²) < 4.78 is 0. The van der Waals surface area contributed by atoms with Gasteiger partial charge in [0.2, 0.25) is 0 Å². The first-order valence-corrected chi connectivity index (χ1v) is 8.08. The van der Waals surface area contributed by atoms with E-state index in [0.717, 1.165) is 22.8 Å². The highest BCUT2D eigenvalue weighted by Crippen LogP contribution is 2.24. The summed E-state index contributed by atoms with van der Waals surface area (Å²) in [6.07, 6.45) is 1.72. The summed E-state index contributed by atoms with van der Waals surface area (Å²) in [5, 5.41) is 6.01. The third-order valence-electron chi connectivity index (χ3n) is 3.76. The molecule has 0 unspecified atom stereocenters. The Labute approximate surface area is 147 Å². The fourth-order valence-electron chi connectivity index (χ4n) is 2.51. The molecule has 5 nitrogen and oxygen atoms in total. The van der Waals surface area contributed by atoms with E-state index < -0.39 is 0 Å². The van der Waals surface area contributed by atoms with E-state index in [1.807, 2.05) is 79.8 Å². The van der Waals surface area contributed by atoms with Crippen molar-refractivity contribution in [3.05, 3.63) is 84.7 Å². The molecule has 0 aliphatic rings.